The molecule has 0 amide bonds. The van der Waals surface area contributed by atoms with Gasteiger partial charge in [0.2, 0.25) is 0 Å². The van der Waals surface area contributed by atoms with Gasteiger partial charge in [0.15, 0.2) is 0 Å². The Kier molecular flexibility index (Phi) is 7.09. The number of carbonyl (C=O) groups is 1. The van der Waals surface area contributed by atoms with E-state index >= 15 is 0 Å². The van der Waals surface area contributed by atoms with Crippen molar-refractivity contribution in [2.24, 2.45) is 0 Å². The second-order valence-electron chi connectivity index (χ2n) is 3.07. The number of carboxylic acid groups (broad SMARTS) is 1. The van der Waals surface area contributed by atoms with Gasteiger partial charge in [0.05, 0.1) is 0 Å². The fourth-order valence-electron chi connectivity index (χ4n) is 1.04. The first-order valence-corrected chi connectivity index (χ1v) is 5.55. The largest absolute Gasteiger partial charge is 0.480 e. The van der Waals surface area contributed by atoms with Gasteiger partial charge in [-0.15, -0.1) is 11.8 Å². The van der Waals surface area contributed by atoms with Crippen LogP contribution in [-0.2, 0) is 4.79 Å². The Morgan fingerprint density at radius 1 is 1.46 bits per heavy atom. The molecule has 78 valence electrons. The lowest BCUT2D eigenvalue weighted by Crippen LogP contribution is -2.19. The maximum Gasteiger partial charge on any atom is 0.316 e. The fourth-order valence-corrected chi connectivity index (χ4v) is 2.33. The lowest BCUT2D eigenvalue weighted by Gasteiger charge is -2.15. The van der Waals surface area contributed by atoms with Crippen LogP contribution in [0, 0.1) is 0 Å². The zero-order chi connectivity index (χ0) is 10.3. The molecule has 2 N–H and O–H groups in total. The molecular weight excluding hydrogens is 188 g/mol. The van der Waals surface area contributed by atoms with Crippen LogP contribution in [0.4, 0.5) is 0 Å². The fraction of sp³-hybridized carbons (Fsp3) is 0.889. The van der Waals surface area contributed by atoms with Crippen LogP contribution in [0.25, 0.3) is 0 Å². The Hall–Kier alpha value is -0.220. The molecule has 4 heteroatoms. The summed E-state index contributed by atoms with van der Waals surface area (Å²) in [4.78, 5) is 10.7. The predicted molar refractivity (Wildman–Crippen MR) is 55.1 cm³/mol. The third kappa shape index (κ3) is 5.93. The molecule has 3 nitrogen and oxygen atoms in total. The van der Waals surface area contributed by atoms with Gasteiger partial charge in [0.25, 0.3) is 0 Å². The molecule has 0 rings (SSSR count). The molecule has 2 unspecified atom stereocenters. The maximum absolute atomic E-state index is 10.7. The predicted octanol–water partition coefficient (Wildman–Crippen LogP) is 1.74. The molecule has 0 bridgehead atoms. The van der Waals surface area contributed by atoms with Crippen LogP contribution in [0.15, 0.2) is 0 Å². The summed E-state index contributed by atoms with van der Waals surface area (Å²) in [6, 6.07) is 0. The average molecular weight is 206 g/mol. The maximum atomic E-state index is 10.7. The quantitative estimate of drug-likeness (QED) is 0.666. The van der Waals surface area contributed by atoms with E-state index in [1.54, 1.807) is 0 Å². The van der Waals surface area contributed by atoms with E-state index in [0.717, 1.165) is 6.42 Å². The third-order valence-corrected chi connectivity index (χ3v) is 3.22. The Morgan fingerprint density at radius 2 is 2.08 bits per heavy atom. The van der Waals surface area contributed by atoms with Gasteiger partial charge in [-0.1, -0.05) is 20.3 Å². The number of rotatable bonds is 7. The van der Waals surface area contributed by atoms with Crippen molar-refractivity contribution in [1.82, 2.24) is 0 Å². The van der Waals surface area contributed by atoms with Crippen LogP contribution in [0.3, 0.4) is 0 Å². The van der Waals surface area contributed by atoms with Gasteiger partial charge in [0, 0.05) is 11.9 Å². The second kappa shape index (κ2) is 7.21. The molecule has 0 aromatic heterocycles. The summed E-state index contributed by atoms with van der Waals surface area (Å²) < 4.78 is 0. The van der Waals surface area contributed by atoms with Crippen molar-refractivity contribution in [1.29, 1.82) is 0 Å². The highest BCUT2D eigenvalue weighted by Crippen LogP contribution is 2.23. The zero-order valence-corrected chi connectivity index (χ0v) is 9.01. The second-order valence-corrected chi connectivity index (χ2v) is 4.72. The Labute approximate surface area is 83.5 Å². The van der Waals surface area contributed by atoms with Gasteiger partial charge in [-0.3, -0.25) is 4.79 Å². The first kappa shape index (κ1) is 12.8. The van der Waals surface area contributed by atoms with E-state index in [4.69, 9.17) is 10.2 Å². The molecule has 0 aliphatic heterocycles. The highest BCUT2D eigenvalue weighted by Gasteiger charge is 2.19. The van der Waals surface area contributed by atoms with Gasteiger partial charge in [0.1, 0.15) is 5.25 Å². The SMILES string of the molecule is CCCC(SC(C)CCO)C(=O)O. The molecule has 0 saturated carbocycles. The first-order valence-electron chi connectivity index (χ1n) is 4.60. The van der Waals surface area contributed by atoms with Crippen molar-refractivity contribution in [3.05, 3.63) is 0 Å². The molecule has 0 saturated heterocycles. The van der Waals surface area contributed by atoms with Crippen LogP contribution in [0.2, 0.25) is 0 Å². The average Bonchev–Trinajstić information content (AvgIpc) is 2.04. The van der Waals surface area contributed by atoms with Crippen molar-refractivity contribution in [3.8, 4) is 0 Å². The molecule has 0 aliphatic carbocycles. The number of carboxylic acids is 1. The van der Waals surface area contributed by atoms with E-state index in [1.165, 1.54) is 11.8 Å². The summed E-state index contributed by atoms with van der Waals surface area (Å²) >= 11 is 1.44. The third-order valence-electron chi connectivity index (χ3n) is 1.76. The lowest BCUT2D eigenvalue weighted by molar-refractivity contribution is -0.136. The van der Waals surface area contributed by atoms with Crippen LogP contribution >= 0.6 is 11.8 Å². The minimum absolute atomic E-state index is 0.132. The summed E-state index contributed by atoms with van der Waals surface area (Å²) in [6.45, 7) is 4.06. The van der Waals surface area contributed by atoms with Gasteiger partial charge >= 0.3 is 5.97 Å². The number of hydrogen-bond acceptors (Lipinski definition) is 3. The minimum Gasteiger partial charge on any atom is -0.480 e. The van der Waals surface area contributed by atoms with Gasteiger partial charge in [-0.05, 0) is 12.8 Å². The topological polar surface area (TPSA) is 57.5 Å². The van der Waals surface area contributed by atoms with Crippen molar-refractivity contribution in [2.75, 3.05) is 6.61 Å². The number of aliphatic hydroxyl groups excluding tert-OH is 1. The van der Waals surface area contributed by atoms with E-state index in [2.05, 4.69) is 0 Å². The van der Waals surface area contributed by atoms with Crippen molar-refractivity contribution < 1.29 is 15.0 Å². The summed E-state index contributed by atoms with van der Waals surface area (Å²) in [6.07, 6.45) is 2.25. The number of hydrogen-bond donors (Lipinski definition) is 2. The van der Waals surface area contributed by atoms with Crippen LogP contribution in [0.1, 0.15) is 33.1 Å². The molecule has 13 heavy (non-hydrogen) atoms. The van der Waals surface area contributed by atoms with Crippen molar-refractivity contribution in [2.45, 2.75) is 43.6 Å². The van der Waals surface area contributed by atoms with E-state index in [1.807, 2.05) is 13.8 Å². The molecule has 0 radical (unpaired) electrons. The monoisotopic (exact) mass is 206 g/mol. The van der Waals surface area contributed by atoms with Gasteiger partial charge < -0.3 is 10.2 Å². The molecule has 0 fully saturated rings. The minimum atomic E-state index is -0.739. The van der Waals surface area contributed by atoms with Crippen LogP contribution in [-0.4, -0.2) is 33.3 Å². The van der Waals surface area contributed by atoms with Crippen LogP contribution in [0.5, 0.6) is 0 Å². The molecule has 0 heterocycles. The van der Waals surface area contributed by atoms with Crippen molar-refractivity contribution >= 4 is 17.7 Å². The highest BCUT2D eigenvalue weighted by molar-refractivity contribution is 8.01. The molecular formula is C9H18O3S. The molecule has 0 aliphatic rings. The Balaban J connectivity index is 3.86. The summed E-state index contributed by atoms with van der Waals surface area (Å²) in [5, 5.41) is 17.4. The normalized spacial score (nSPS) is 15.3. The van der Waals surface area contributed by atoms with E-state index in [9.17, 15) is 4.79 Å². The highest BCUT2D eigenvalue weighted by atomic mass is 32.2. The summed E-state index contributed by atoms with van der Waals surface area (Å²) in [5.74, 6) is -0.739. The molecule has 0 spiro atoms. The summed E-state index contributed by atoms with van der Waals surface area (Å²) in [5.41, 5.74) is 0. The zero-order valence-electron chi connectivity index (χ0n) is 8.19. The number of aliphatic carboxylic acids is 1. The first-order chi connectivity index (χ1) is 6.11. The summed E-state index contributed by atoms with van der Waals surface area (Å²) in [7, 11) is 0. The van der Waals surface area contributed by atoms with Crippen LogP contribution < -0.4 is 0 Å². The van der Waals surface area contributed by atoms with E-state index in [-0.39, 0.29) is 17.1 Å². The van der Waals surface area contributed by atoms with E-state index in [0.29, 0.717) is 12.8 Å². The Bertz CT molecular complexity index is 150. The molecule has 0 aromatic carbocycles. The standard InChI is InChI=1S/C9H18O3S/c1-3-4-8(9(11)12)13-7(2)5-6-10/h7-8,10H,3-6H2,1-2H3,(H,11,12). The van der Waals surface area contributed by atoms with Gasteiger partial charge in [-0.25, -0.2) is 0 Å². The molecule has 2 atom stereocenters. The number of thioether (sulfide) groups is 1. The smallest absolute Gasteiger partial charge is 0.316 e. The Morgan fingerprint density at radius 3 is 2.46 bits per heavy atom. The van der Waals surface area contributed by atoms with Gasteiger partial charge in [-0.2, -0.15) is 0 Å². The lowest BCUT2D eigenvalue weighted by atomic mass is 10.2. The number of aliphatic hydroxyl groups is 1. The molecule has 0 aromatic rings. The van der Waals surface area contributed by atoms with E-state index < -0.39 is 5.97 Å². The van der Waals surface area contributed by atoms with Crippen molar-refractivity contribution in [3.63, 3.8) is 0 Å².